The monoisotopic (exact) mass is 262 g/mol. The first-order valence-corrected chi connectivity index (χ1v) is 5.38. The number of non-ortho nitro benzene ring substituents is 1. The molecule has 0 radical (unpaired) electrons. The first kappa shape index (κ1) is 12.7. The van der Waals surface area contributed by atoms with Gasteiger partial charge in [-0.1, -0.05) is 0 Å². The minimum Gasteiger partial charge on any atom is -0.480 e. The van der Waals surface area contributed by atoms with Crippen molar-refractivity contribution >= 4 is 11.7 Å². The van der Waals surface area contributed by atoms with E-state index in [1.165, 1.54) is 42.2 Å². The Kier molecular flexibility index (Phi) is 3.23. The second kappa shape index (κ2) is 4.84. The lowest BCUT2D eigenvalue weighted by Gasteiger charge is -2.04. The van der Waals surface area contributed by atoms with Gasteiger partial charge in [0.15, 0.2) is 5.82 Å². The Morgan fingerprint density at radius 3 is 2.58 bits per heavy atom. The maximum Gasteiger partial charge on any atom is 0.328 e. The van der Waals surface area contributed by atoms with E-state index in [0.717, 1.165) is 0 Å². The maximum atomic E-state index is 10.8. The van der Waals surface area contributed by atoms with Crippen molar-refractivity contribution in [3.8, 4) is 11.4 Å². The summed E-state index contributed by atoms with van der Waals surface area (Å²) < 4.78 is 1.22. The number of carboxylic acid groups (broad SMARTS) is 1. The van der Waals surface area contributed by atoms with Gasteiger partial charge < -0.3 is 5.11 Å². The lowest BCUT2D eigenvalue weighted by Crippen LogP contribution is -2.15. The van der Waals surface area contributed by atoms with E-state index in [4.69, 9.17) is 5.11 Å². The summed E-state index contributed by atoms with van der Waals surface area (Å²) in [6.07, 6.45) is 1.32. The number of nitrogens with zero attached hydrogens (tertiary/aromatic N) is 4. The lowest BCUT2D eigenvalue weighted by atomic mass is 10.2. The number of carbonyl (C=O) groups is 1. The van der Waals surface area contributed by atoms with E-state index in [9.17, 15) is 14.9 Å². The molecule has 0 bridgehead atoms. The average Bonchev–Trinajstić information content (AvgIpc) is 2.87. The molecule has 0 amide bonds. The van der Waals surface area contributed by atoms with E-state index in [1.807, 2.05) is 0 Å². The van der Waals surface area contributed by atoms with Gasteiger partial charge in [0.1, 0.15) is 12.4 Å². The van der Waals surface area contributed by atoms with E-state index >= 15 is 0 Å². The van der Waals surface area contributed by atoms with Crippen LogP contribution in [-0.4, -0.2) is 30.8 Å². The van der Waals surface area contributed by atoms with E-state index < -0.39 is 16.9 Å². The molecule has 2 rings (SSSR count). The third-order valence-corrected chi connectivity index (χ3v) is 2.60. The fraction of sp³-hybridized carbons (Fsp3) is 0.182. The number of hydrogen-bond acceptors (Lipinski definition) is 5. The first-order valence-electron chi connectivity index (χ1n) is 5.38. The topological polar surface area (TPSA) is 111 Å². The molecule has 0 saturated heterocycles. The van der Waals surface area contributed by atoms with Gasteiger partial charge in [0.2, 0.25) is 0 Å². The second-order valence-corrected chi connectivity index (χ2v) is 3.87. The Balaban J connectivity index is 2.27. The molecule has 0 aliphatic heterocycles. The Labute approximate surface area is 107 Å². The van der Waals surface area contributed by atoms with E-state index in [-0.39, 0.29) is 5.69 Å². The lowest BCUT2D eigenvalue weighted by molar-refractivity contribution is -0.384. The van der Waals surface area contributed by atoms with Crippen LogP contribution < -0.4 is 0 Å². The molecule has 0 aliphatic carbocycles. The maximum absolute atomic E-state index is 10.8. The molecule has 0 fully saturated rings. The molecule has 1 aromatic heterocycles. The zero-order valence-electron chi connectivity index (χ0n) is 9.92. The number of aliphatic carboxylic acids is 1. The normalized spacial score (nSPS) is 12.1. The summed E-state index contributed by atoms with van der Waals surface area (Å²) in [5.41, 5.74) is 0.559. The Hall–Kier alpha value is -2.77. The third kappa shape index (κ3) is 2.57. The molecule has 1 atom stereocenters. The molecule has 0 spiro atoms. The van der Waals surface area contributed by atoms with Crippen LogP contribution >= 0.6 is 0 Å². The Bertz CT molecular complexity index is 620. The van der Waals surface area contributed by atoms with Crippen LogP contribution in [0.4, 0.5) is 5.69 Å². The van der Waals surface area contributed by atoms with Crippen molar-refractivity contribution in [2.45, 2.75) is 13.0 Å². The van der Waals surface area contributed by atoms with E-state index in [2.05, 4.69) is 10.1 Å². The average molecular weight is 262 g/mol. The molecule has 2 aromatic rings. The summed E-state index contributed by atoms with van der Waals surface area (Å²) in [6, 6.07) is 4.90. The van der Waals surface area contributed by atoms with Gasteiger partial charge in [-0.25, -0.2) is 14.5 Å². The van der Waals surface area contributed by atoms with Crippen LogP contribution in [-0.2, 0) is 4.79 Å². The zero-order chi connectivity index (χ0) is 14.0. The van der Waals surface area contributed by atoms with Gasteiger partial charge in [-0.05, 0) is 19.1 Å². The van der Waals surface area contributed by atoms with Gasteiger partial charge in [-0.15, -0.1) is 0 Å². The van der Waals surface area contributed by atoms with Gasteiger partial charge in [-0.3, -0.25) is 10.1 Å². The molecule has 1 N–H and O–H groups in total. The van der Waals surface area contributed by atoms with Crippen LogP contribution in [0.3, 0.4) is 0 Å². The predicted molar refractivity (Wildman–Crippen MR) is 64.5 cm³/mol. The van der Waals surface area contributed by atoms with Crippen molar-refractivity contribution < 1.29 is 14.8 Å². The number of carboxylic acids is 1. The molecular formula is C11H10N4O4. The number of aromatic nitrogens is 3. The van der Waals surface area contributed by atoms with Gasteiger partial charge >= 0.3 is 5.97 Å². The van der Waals surface area contributed by atoms with Gasteiger partial charge in [0.25, 0.3) is 5.69 Å². The van der Waals surface area contributed by atoms with Gasteiger partial charge in [-0.2, -0.15) is 5.10 Å². The Morgan fingerprint density at radius 1 is 1.42 bits per heavy atom. The van der Waals surface area contributed by atoms with Crippen molar-refractivity contribution in [3.63, 3.8) is 0 Å². The SMILES string of the molecule is C[C@H](C(=O)O)n1cnc(-c2ccc([N+](=O)[O-])cc2)n1. The molecule has 0 aliphatic rings. The van der Waals surface area contributed by atoms with Crippen LogP contribution in [0.15, 0.2) is 30.6 Å². The van der Waals surface area contributed by atoms with Crippen molar-refractivity contribution in [2.75, 3.05) is 0 Å². The quantitative estimate of drug-likeness (QED) is 0.660. The molecule has 19 heavy (non-hydrogen) atoms. The van der Waals surface area contributed by atoms with Crippen molar-refractivity contribution in [1.29, 1.82) is 0 Å². The standard InChI is InChI=1S/C11H10N4O4/c1-7(11(16)17)14-6-12-10(13-14)8-2-4-9(5-3-8)15(18)19/h2-7H,1H3,(H,16,17)/t7-/m1/s1. The minimum atomic E-state index is -1.01. The van der Waals surface area contributed by atoms with Crippen molar-refractivity contribution in [2.24, 2.45) is 0 Å². The van der Waals surface area contributed by atoms with Crippen LogP contribution in [0.25, 0.3) is 11.4 Å². The van der Waals surface area contributed by atoms with Crippen LogP contribution in [0.1, 0.15) is 13.0 Å². The summed E-state index contributed by atoms with van der Waals surface area (Å²) in [6.45, 7) is 1.48. The van der Waals surface area contributed by atoms with Gasteiger partial charge in [0.05, 0.1) is 4.92 Å². The number of nitro benzene ring substituents is 1. The number of nitro groups is 1. The summed E-state index contributed by atoms with van der Waals surface area (Å²) in [4.78, 5) is 24.8. The van der Waals surface area contributed by atoms with Crippen LogP contribution in [0, 0.1) is 10.1 Å². The molecule has 0 saturated carbocycles. The van der Waals surface area contributed by atoms with E-state index in [1.54, 1.807) is 0 Å². The Morgan fingerprint density at radius 2 is 2.05 bits per heavy atom. The largest absolute Gasteiger partial charge is 0.480 e. The smallest absolute Gasteiger partial charge is 0.328 e. The summed E-state index contributed by atoms with van der Waals surface area (Å²) in [7, 11) is 0. The highest BCUT2D eigenvalue weighted by Crippen LogP contribution is 2.19. The fourth-order valence-electron chi connectivity index (χ4n) is 1.44. The highest BCUT2D eigenvalue weighted by molar-refractivity contribution is 5.71. The highest BCUT2D eigenvalue weighted by Gasteiger charge is 2.16. The number of hydrogen-bond donors (Lipinski definition) is 1. The first-order chi connectivity index (χ1) is 8.99. The molecule has 1 aromatic carbocycles. The fourth-order valence-corrected chi connectivity index (χ4v) is 1.44. The molecule has 98 valence electrons. The van der Waals surface area contributed by atoms with Crippen molar-refractivity contribution in [3.05, 3.63) is 40.7 Å². The van der Waals surface area contributed by atoms with E-state index in [0.29, 0.717) is 11.4 Å². The molecular weight excluding hydrogens is 252 g/mol. The summed E-state index contributed by atoms with van der Waals surface area (Å²) in [5.74, 6) is -0.692. The van der Waals surface area contributed by atoms with Crippen molar-refractivity contribution in [1.82, 2.24) is 14.8 Å². The predicted octanol–water partition coefficient (Wildman–Crippen LogP) is 1.50. The zero-order valence-corrected chi connectivity index (χ0v) is 9.92. The van der Waals surface area contributed by atoms with Crippen LogP contribution in [0.5, 0.6) is 0 Å². The molecule has 8 nitrogen and oxygen atoms in total. The molecule has 1 heterocycles. The summed E-state index contributed by atoms with van der Waals surface area (Å²) >= 11 is 0. The number of benzene rings is 1. The molecule has 8 heteroatoms. The highest BCUT2D eigenvalue weighted by atomic mass is 16.6. The van der Waals surface area contributed by atoms with Crippen LogP contribution in [0.2, 0.25) is 0 Å². The summed E-state index contributed by atoms with van der Waals surface area (Å²) in [5, 5.41) is 23.4. The number of rotatable bonds is 4. The third-order valence-electron chi connectivity index (χ3n) is 2.60. The second-order valence-electron chi connectivity index (χ2n) is 3.87. The minimum absolute atomic E-state index is 0.0258. The van der Waals surface area contributed by atoms with Gasteiger partial charge in [0, 0.05) is 17.7 Å². The molecule has 0 unspecified atom stereocenters.